The van der Waals surface area contributed by atoms with E-state index in [1.165, 1.54) is 22.3 Å². The van der Waals surface area contributed by atoms with Crippen molar-refractivity contribution in [1.82, 2.24) is 19.6 Å². The van der Waals surface area contributed by atoms with Crippen LogP contribution in [0.25, 0.3) is 11.1 Å². The minimum Gasteiger partial charge on any atom is -0.488 e. The van der Waals surface area contributed by atoms with Gasteiger partial charge in [0.05, 0.1) is 26.4 Å². The van der Waals surface area contributed by atoms with Gasteiger partial charge >= 0.3 is 0 Å². The van der Waals surface area contributed by atoms with E-state index < -0.39 is 12.2 Å². The highest BCUT2D eigenvalue weighted by atomic mass is 16.5. The zero-order valence-electron chi connectivity index (χ0n) is 33.9. The Labute approximate surface area is 341 Å². The average Bonchev–Trinajstić information content (AvgIpc) is 3.78. The Morgan fingerprint density at radius 3 is 1.48 bits per heavy atom. The minimum absolute atomic E-state index is 0.254. The fourth-order valence-corrected chi connectivity index (χ4v) is 13.5. The molecule has 12 heteroatoms. The Morgan fingerprint density at radius 1 is 0.621 bits per heavy atom. The molecule has 0 saturated carbocycles. The van der Waals surface area contributed by atoms with Crippen LogP contribution in [0.3, 0.4) is 0 Å². The summed E-state index contributed by atoms with van der Waals surface area (Å²) in [6.07, 6.45) is 9.99. The minimum atomic E-state index is -0.702. The number of nitrogens with zero attached hydrogens (tertiary/aromatic N) is 4. The number of hydrogen-bond donors (Lipinski definition) is 2. The maximum Gasteiger partial charge on any atom is 0.169 e. The first-order chi connectivity index (χ1) is 28.4. The number of likely N-dealkylation sites (N-methyl/N-ethyl adjacent to an activating group) is 2. The van der Waals surface area contributed by atoms with E-state index in [1.54, 1.807) is 0 Å². The highest BCUT2D eigenvalue weighted by Crippen LogP contribution is 2.67. The molecule has 0 aromatic heterocycles. The lowest BCUT2D eigenvalue weighted by molar-refractivity contribution is -0.0454. The molecular formula is C46H58N4O8. The number of benzene rings is 2. The predicted octanol–water partition coefficient (Wildman–Crippen LogP) is 2.39. The van der Waals surface area contributed by atoms with E-state index in [0.29, 0.717) is 25.3 Å². The first kappa shape index (κ1) is 36.6. The summed E-state index contributed by atoms with van der Waals surface area (Å²) in [5, 5.41) is 23.3. The van der Waals surface area contributed by atoms with Gasteiger partial charge in [-0.15, -0.1) is 0 Å². The van der Waals surface area contributed by atoms with Crippen LogP contribution in [0.2, 0.25) is 0 Å². The molecule has 58 heavy (non-hydrogen) atoms. The van der Waals surface area contributed by atoms with Crippen LogP contribution in [0.5, 0.6) is 23.0 Å². The van der Waals surface area contributed by atoms with Crippen molar-refractivity contribution >= 4 is 0 Å². The molecule has 4 saturated heterocycles. The maximum atomic E-state index is 11.7. The number of aliphatic hydroxyl groups is 2. The zero-order valence-corrected chi connectivity index (χ0v) is 33.9. The molecular weight excluding hydrogens is 737 g/mol. The molecule has 2 aromatic carbocycles. The standard InChI is InChI=1S/C46H58N4O8/c1-47-9-7-45-31-3-5-35(51)43(45)57-41-37(45)27(25-33(31)47)23-29(39(41)55-21-15-49-11-17-53-18-12-49)30-24-28-26-34-32-4-6-36(52)44-46(32,8-10-48(34)2)38(28)42(58-44)40(30)56-22-16-50-13-19-54-20-14-50/h3-6,23-24,31-36,43-44,51-52H,7-22,25-26H2,1-2H3/t31-,32-,33+,34+,35-,36-,43-,44-,45-,46-/m0/s1. The molecule has 4 fully saturated rings. The van der Waals surface area contributed by atoms with Gasteiger partial charge < -0.3 is 48.4 Å². The predicted molar refractivity (Wildman–Crippen MR) is 216 cm³/mol. The normalized spacial score (nSPS) is 38.2. The third-order valence-corrected chi connectivity index (χ3v) is 16.3. The van der Waals surface area contributed by atoms with Gasteiger partial charge in [-0.25, -0.2) is 0 Å². The van der Waals surface area contributed by atoms with Gasteiger partial charge in [0.1, 0.15) is 37.6 Å². The van der Waals surface area contributed by atoms with Crippen molar-refractivity contribution < 1.29 is 38.6 Å². The molecule has 10 atom stereocenters. The van der Waals surface area contributed by atoms with Crippen LogP contribution in [-0.2, 0) is 33.1 Å². The zero-order chi connectivity index (χ0) is 38.9. The van der Waals surface area contributed by atoms with E-state index in [4.69, 9.17) is 28.4 Å². The van der Waals surface area contributed by atoms with Gasteiger partial charge in [0, 0.05) is 96.3 Å². The van der Waals surface area contributed by atoms with Crippen molar-refractivity contribution in [1.29, 1.82) is 0 Å². The van der Waals surface area contributed by atoms with Crippen molar-refractivity contribution in [3.8, 4) is 34.1 Å². The summed E-state index contributed by atoms with van der Waals surface area (Å²) in [5.74, 6) is 3.59. The van der Waals surface area contributed by atoms with Gasteiger partial charge in [0.25, 0.3) is 0 Å². The highest BCUT2D eigenvalue weighted by Gasteiger charge is 2.66. The highest BCUT2D eigenvalue weighted by molar-refractivity contribution is 5.86. The number of likely N-dealkylation sites (tertiary alicyclic amines) is 2. The van der Waals surface area contributed by atoms with Crippen LogP contribution >= 0.6 is 0 Å². The lowest BCUT2D eigenvalue weighted by Gasteiger charge is -2.56. The molecule has 0 amide bonds. The van der Waals surface area contributed by atoms with Crippen LogP contribution < -0.4 is 18.9 Å². The second kappa shape index (κ2) is 13.7. The molecule has 10 aliphatic rings. The van der Waals surface area contributed by atoms with E-state index in [2.05, 4.69) is 58.0 Å². The molecule has 310 valence electrons. The summed E-state index contributed by atoms with van der Waals surface area (Å²) < 4.78 is 39.9. The van der Waals surface area contributed by atoms with Crippen LogP contribution in [0.1, 0.15) is 35.1 Å². The summed E-state index contributed by atoms with van der Waals surface area (Å²) in [7, 11) is 4.51. The Hall–Kier alpha value is -3.20. The molecule has 0 unspecified atom stereocenters. The molecule has 4 aliphatic carbocycles. The summed E-state index contributed by atoms with van der Waals surface area (Å²) in [6, 6.07) is 5.39. The quantitative estimate of drug-likeness (QED) is 0.365. The molecule has 6 aliphatic heterocycles. The SMILES string of the molecule is CN1CC[C@]23c4c5cc(-c6cc7c8c(c6OCCN6CCOCC6)O[C@H]6[C@@H](O)C=C[C@H]9[C@@H](C7)N(C)CC[C@@]896)c(OCCN6CCOCC6)c4O[C@H]2[C@@H](O)C=C[C@H]3[C@H]1C5. The lowest BCUT2D eigenvalue weighted by atomic mass is 9.53. The Balaban J connectivity index is 1.04. The molecule has 12 rings (SSSR count). The van der Waals surface area contributed by atoms with Crippen molar-refractivity contribution in [2.45, 2.75) is 73.0 Å². The maximum absolute atomic E-state index is 11.7. The van der Waals surface area contributed by atoms with Gasteiger partial charge in [-0.1, -0.05) is 24.3 Å². The Kier molecular flexibility index (Phi) is 8.63. The van der Waals surface area contributed by atoms with Crippen molar-refractivity contribution in [2.75, 3.05) is 106 Å². The molecule has 2 aromatic rings. The molecule has 12 nitrogen and oxygen atoms in total. The summed E-state index contributed by atoms with van der Waals surface area (Å²) >= 11 is 0. The molecule has 4 bridgehead atoms. The van der Waals surface area contributed by atoms with Crippen LogP contribution in [0, 0.1) is 11.8 Å². The van der Waals surface area contributed by atoms with Gasteiger partial charge in [-0.2, -0.15) is 0 Å². The Morgan fingerprint density at radius 2 is 1.05 bits per heavy atom. The summed E-state index contributed by atoms with van der Waals surface area (Å²) in [5.41, 5.74) is 6.34. The van der Waals surface area contributed by atoms with Gasteiger partial charge in [0.2, 0.25) is 0 Å². The van der Waals surface area contributed by atoms with E-state index in [0.717, 1.165) is 139 Å². The lowest BCUT2D eigenvalue weighted by Crippen LogP contribution is -2.64. The van der Waals surface area contributed by atoms with E-state index >= 15 is 0 Å². The number of hydrogen-bond acceptors (Lipinski definition) is 12. The molecule has 6 heterocycles. The number of piperidine rings is 2. The van der Waals surface area contributed by atoms with E-state index in [1.807, 2.05) is 12.2 Å². The second-order valence-corrected chi connectivity index (χ2v) is 18.8. The Bertz CT molecular complexity index is 1900. The summed E-state index contributed by atoms with van der Waals surface area (Å²) in [4.78, 5) is 9.85. The van der Waals surface area contributed by atoms with E-state index in [9.17, 15) is 10.2 Å². The van der Waals surface area contributed by atoms with Crippen LogP contribution in [0.4, 0.5) is 0 Å². The van der Waals surface area contributed by atoms with Gasteiger partial charge in [0.15, 0.2) is 23.0 Å². The van der Waals surface area contributed by atoms with Gasteiger partial charge in [-0.05, 0) is 76.1 Å². The second-order valence-electron chi connectivity index (χ2n) is 18.8. The first-order valence-corrected chi connectivity index (χ1v) is 22.1. The first-order valence-electron chi connectivity index (χ1n) is 22.1. The van der Waals surface area contributed by atoms with Crippen molar-refractivity contribution in [2.24, 2.45) is 11.8 Å². The van der Waals surface area contributed by atoms with Crippen LogP contribution in [0.15, 0.2) is 36.4 Å². The number of aliphatic hydroxyl groups excluding tert-OH is 2. The number of rotatable bonds is 9. The molecule has 0 radical (unpaired) electrons. The number of morpholine rings is 2. The monoisotopic (exact) mass is 794 g/mol. The van der Waals surface area contributed by atoms with Crippen molar-refractivity contribution in [3.05, 3.63) is 58.7 Å². The van der Waals surface area contributed by atoms with Crippen LogP contribution in [-0.4, -0.2) is 172 Å². The largest absolute Gasteiger partial charge is 0.488 e. The molecule has 2 N–H and O–H groups in total. The fraction of sp³-hybridized carbons (Fsp3) is 0.652. The smallest absolute Gasteiger partial charge is 0.169 e. The topological polar surface area (TPSA) is 109 Å². The van der Waals surface area contributed by atoms with E-state index in [-0.39, 0.29) is 34.9 Å². The number of ether oxygens (including phenoxy) is 6. The van der Waals surface area contributed by atoms with Crippen molar-refractivity contribution in [3.63, 3.8) is 0 Å². The third kappa shape index (κ3) is 5.09. The molecule has 2 spiro atoms. The average molecular weight is 795 g/mol. The fourth-order valence-electron chi connectivity index (χ4n) is 13.5. The summed E-state index contributed by atoms with van der Waals surface area (Å²) in [6.45, 7) is 10.9. The van der Waals surface area contributed by atoms with Gasteiger partial charge in [-0.3, -0.25) is 9.80 Å². The third-order valence-electron chi connectivity index (χ3n) is 16.3.